The van der Waals surface area contributed by atoms with E-state index >= 15 is 0 Å². The van der Waals surface area contributed by atoms with E-state index in [2.05, 4.69) is 20.4 Å². The standard InChI is InChI=1S/C20H24N4O3/c1-2-10-21-19(25)15-5-3-6-16(14-15)20(26)27-17-8-12-24(13-9-17)18-7-4-11-22-23-18/h3-7,11,14,17H,2,8-10,12-13H2,1H3,(H,21,25). The molecule has 1 saturated heterocycles. The maximum absolute atomic E-state index is 12.5. The molecule has 0 bridgehead atoms. The summed E-state index contributed by atoms with van der Waals surface area (Å²) < 4.78 is 5.64. The average Bonchev–Trinajstić information content (AvgIpc) is 2.73. The number of carbonyl (C=O) groups is 2. The first-order chi connectivity index (χ1) is 13.2. The van der Waals surface area contributed by atoms with E-state index in [4.69, 9.17) is 4.74 Å². The number of hydrogen-bond acceptors (Lipinski definition) is 6. The van der Waals surface area contributed by atoms with Crippen LogP contribution in [0.2, 0.25) is 0 Å². The molecule has 0 saturated carbocycles. The van der Waals surface area contributed by atoms with Gasteiger partial charge in [0.15, 0.2) is 5.82 Å². The fourth-order valence-electron chi connectivity index (χ4n) is 3.01. The van der Waals surface area contributed by atoms with Crippen LogP contribution in [0.3, 0.4) is 0 Å². The summed E-state index contributed by atoms with van der Waals surface area (Å²) in [6.07, 6.45) is 3.84. The molecule has 0 atom stereocenters. The molecule has 0 aliphatic carbocycles. The molecule has 1 aromatic heterocycles. The molecule has 1 amide bonds. The third-order valence-electron chi connectivity index (χ3n) is 4.49. The molecule has 27 heavy (non-hydrogen) atoms. The van der Waals surface area contributed by atoms with Crippen LogP contribution in [0.25, 0.3) is 0 Å². The highest BCUT2D eigenvalue weighted by Crippen LogP contribution is 2.20. The first kappa shape index (κ1) is 18.8. The lowest BCUT2D eigenvalue weighted by Gasteiger charge is -2.32. The van der Waals surface area contributed by atoms with E-state index in [1.165, 1.54) is 0 Å². The number of benzene rings is 1. The highest BCUT2D eigenvalue weighted by molar-refractivity contribution is 5.97. The van der Waals surface area contributed by atoms with Gasteiger partial charge in [0.25, 0.3) is 5.91 Å². The van der Waals surface area contributed by atoms with Gasteiger partial charge in [-0.2, -0.15) is 5.10 Å². The number of amides is 1. The molecule has 0 unspecified atom stereocenters. The number of aromatic nitrogens is 2. The first-order valence-corrected chi connectivity index (χ1v) is 9.29. The van der Waals surface area contributed by atoms with Gasteiger partial charge in [0, 0.05) is 44.2 Å². The van der Waals surface area contributed by atoms with E-state index in [-0.39, 0.29) is 12.0 Å². The summed E-state index contributed by atoms with van der Waals surface area (Å²) in [7, 11) is 0. The zero-order chi connectivity index (χ0) is 19.1. The van der Waals surface area contributed by atoms with Gasteiger partial charge in [-0.15, -0.1) is 5.10 Å². The maximum Gasteiger partial charge on any atom is 0.338 e. The van der Waals surface area contributed by atoms with Crippen LogP contribution in [-0.4, -0.2) is 47.8 Å². The van der Waals surface area contributed by atoms with Gasteiger partial charge < -0.3 is 15.0 Å². The van der Waals surface area contributed by atoms with Crippen LogP contribution < -0.4 is 10.2 Å². The molecule has 3 rings (SSSR count). The summed E-state index contributed by atoms with van der Waals surface area (Å²) in [5.74, 6) is 0.273. The van der Waals surface area contributed by atoms with E-state index in [0.29, 0.717) is 17.7 Å². The zero-order valence-corrected chi connectivity index (χ0v) is 15.4. The van der Waals surface area contributed by atoms with Crippen LogP contribution in [0, 0.1) is 0 Å². The molecule has 2 aromatic rings. The second kappa shape index (κ2) is 9.12. The van der Waals surface area contributed by atoms with Crippen LogP contribution >= 0.6 is 0 Å². The normalized spacial score (nSPS) is 14.6. The van der Waals surface area contributed by atoms with Gasteiger partial charge >= 0.3 is 5.97 Å². The molecule has 1 N–H and O–H groups in total. The smallest absolute Gasteiger partial charge is 0.338 e. The molecule has 1 aromatic carbocycles. The van der Waals surface area contributed by atoms with Gasteiger partial charge in [-0.05, 0) is 36.8 Å². The summed E-state index contributed by atoms with van der Waals surface area (Å²) in [6, 6.07) is 10.4. The minimum atomic E-state index is -0.391. The minimum absolute atomic E-state index is 0.136. The summed E-state index contributed by atoms with van der Waals surface area (Å²) in [6.45, 7) is 4.12. The highest BCUT2D eigenvalue weighted by atomic mass is 16.5. The Morgan fingerprint density at radius 3 is 2.67 bits per heavy atom. The first-order valence-electron chi connectivity index (χ1n) is 9.29. The fraction of sp³-hybridized carbons (Fsp3) is 0.400. The van der Waals surface area contributed by atoms with Crippen molar-refractivity contribution >= 4 is 17.7 Å². The van der Waals surface area contributed by atoms with E-state index < -0.39 is 5.97 Å². The lowest BCUT2D eigenvalue weighted by molar-refractivity contribution is 0.0244. The Balaban J connectivity index is 1.54. The van der Waals surface area contributed by atoms with Crippen LogP contribution in [-0.2, 0) is 4.74 Å². The number of ether oxygens (including phenoxy) is 1. The summed E-state index contributed by atoms with van der Waals surface area (Å²) in [4.78, 5) is 26.7. The maximum atomic E-state index is 12.5. The molecule has 1 fully saturated rings. The van der Waals surface area contributed by atoms with Crippen molar-refractivity contribution in [2.45, 2.75) is 32.3 Å². The fourth-order valence-corrected chi connectivity index (χ4v) is 3.01. The Morgan fingerprint density at radius 2 is 1.96 bits per heavy atom. The minimum Gasteiger partial charge on any atom is -0.459 e. The topological polar surface area (TPSA) is 84.4 Å². The second-order valence-electron chi connectivity index (χ2n) is 6.51. The summed E-state index contributed by atoms with van der Waals surface area (Å²) >= 11 is 0. The van der Waals surface area contributed by atoms with Crippen LogP contribution in [0.4, 0.5) is 5.82 Å². The molecule has 7 heteroatoms. The van der Waals surface area contributed by atoms with Crippen molar-refractivity contribution in [1.29, 1.82) is 0 Å². The third-order valence-corrected chi connectivity index (χ3v) is 4.49. The van der Waals surface area contributed by atoms with Gasteiger partial charge in [-0.1, -0.05) is 13.0 Å². The largest absolute Gasteiger partial charge is 0.459 e. The predicted molar refractivity (Wildman–Crippen MR) is 102 cm³/mol. The molecule has 0 spiro atoms. The van der Waals surface area contributed by atoms with E-state index in [0.717, 1.165) is 38.2 Å². The monoisotopic (exact) mass is 368 g/mol. The molecule has 1 aliphatic rings. The molecular formula is C20H24N4O3. The van der Waals surface area contributed by atoms with Gasteiger partial charge in [-0.25, -0.2) is 4.79 Å². The van der Waals surface area contributed by atoms with Crippen molar-refractivity contribution in [2.75, 3.05) is 24.5 Å². The zero-order valence-electron chi connectivity index (χ0n) is 15.4. The number of nitrogens with zero attached hydrogens (tertiary/aromatic N) is 3. The van der Waals surface area contributed by atoms with Crippen LogP contribution in [0.15, 0.2) is 42.6 Å². The Kier molecular flexibility index (Phi) is 6.35. The third kappa shape index (κ3) is 5.03. The lowest BCUT2D eigenvalue weighted by atomic mass is 10.1. The van der Waals surface area contributed by atoms with Gasteiger partial charge in [-0.3, -0.25) is 4.79 Å². The van der Waals surface area contributed by atoms with E-state index in [9.17, 15) is 9.59 Å². The number of rotatable bonds is 6. The highest BCUT2D eigenvalue weighted by Gasteiger charge is 2.24. The van der Waals surface area contributed by atoms with E-state index in [1.54, 1.807) is 30.5 Å². The van der Waals surface area contributed by atoms with Gasteiger partial charge in [0.1, 0.15) is 6.10 Å². The van der Waals surface area contributed by atoms with Crippen molar-refractivity contribution in [3.05, 3.63) is 53.7 Å². The number of anilines is 1. The molecular weight excluding hydrogens is 344 g/mol. The molecule has 1 aliphatic heterocycles. The molecule has 7 nitrogen and oxygen atoms in total. The van der Waals surface area contributed by atoms with Gasteiger partial charge in [0.05, 0.1) is 5.56 Å². The summed E-state index contributed by atoms with van der Waals surface area (Å²) in [5.41, 5.74) is 0.867. The number of hydrogen-bond donors (Lipinski definition) is 1. The number of piperidine rings is 1. The van der Waals surface area contributed by atoms with Crippen molar-refractivity contribution in [3.8, 4) is 0 Å². The van der Waals surface area contributed by atoms with Crippen molar-refractivity contribution < 1.29 is 14.3 Å². The molecule has 142 valence electrons. The van der Waals surface area contributed by atoms with Gasteiger partial charge in [0.2, 0.25) is 0 Å². The van der Waals surface area contributed by atoms with Crippen LogP contribution in [0.5, 0.6) is 0 Å². The number of esters is 1. The molecule has 0 radical (unpaired) electrons. The lowest BCUT2D eigenvalue weighted by Crippen LogP contribution is -2.38. The average molecular weight is 368 g/mol. The quantitative estimate of drug-likeness (QED) is 0.789. The Morgan fingerprint density at radius 1 is 1.19 bits per heavy atom. The summed E-state index contributed by atoms with van der Waals surface area (Å²) in [5, 5.41) is 10.8. The van der Waals surface area contributed by atoms with Crippen LogP contribution in [0.1, 0.15) is 46.9 Å². The SMILES string of the molecule is CCCNC(=O)c1cccc(C(=O)OC2CCN(c3cccnn3)CC2)c1. The predicted octanol–water partition coefficient (Wildman–Crippen LogP) is 2.44. The second-order valence-corrected chi connectivity index (χ2v) is 6.51. The van der Waals surface area contributed by atoms with Crippen molar-refractivity contribution in [3.63, 3.8) is 0 Å². The van der Waals surface area contributed by atoms with E-state index in [1.807, 2.05) is 19.1 Å². The Bertz CT molecular complexity index is 774. The van der Waals surface area contributed by atoms with Crippen molar-refractivity contribution in [1.82, 2.24) is 15.5 Å². The molecule has 2 heterocycles. The number of carbonyl (C=O) groups excluding carboxylic acids is 2. The number of nitrogens with one attached hydrogen (secondary N) is 1. The van der Waals surface area contributed by atoms with Crippen molar-refractivity contribution in [2.24, 2.45) is 0 Å². The Hall–Kier alpha value is -2.96. The Labute approximate surface area is 158 Å².